The summed E-state index contributed by atoms with van der Waals surface area (Å²) in [4.78, 5) is 0. The van der Waals surface area contributed by atoms with Crippen LogP contribution < -0.4 is 14.2 Å². The van der Waals surface area contributed by atoms with Crippen LogP contribution in [0.15, 0.2) is 12.1 Å². The molecule has 0 aliphatic rings. The second kappa shape index (κ2) is 7.86. The predicted octanol–water partition coefficient (Wildman–Crippen LogP) is 2.17. The summed E-state index contributed by atoms with van der Waals surface area (Å²) in [7, 11) is 4.63. The molecule has 5 heteroatoms. The van der Waals surface area contributed by atoms with Gasteiger partial charge in [-0.05, 0) is 24.1 Å². The summed E-state index contributed by atoms with van der Waals surface area (Å²) in [6.07, 6.45) is 0.197. The first-order valence-electron chi connectivity index (χ1n) is 6.23. The standard InChI is InChI=1S/C14H22O5/c1-5-6-19-9-11(15)10-7-12(16-2)14(18-4)13(8-10)17-3/h7-8,11,15H,5-6,9H2,1-4H3. The van der Waals surface area contributed by atoms with Gasteiger partial charge in [0.2, 0.25) is 5.75 Å². The summed E-state index contributed by atoms with van der Waals surface area (Å²) in [6, 6.07) is 3.45. The van der Waals surface area contributed by atoms with Gasteiger partial charge >= 0.3 is 0 Å². The van der Waals surface area contributed by atoms with Crippen molar-refractivity contribution in [1.29, 1.82) is 0 Å². The molecule has 1 N–H and O–H groups in total. The Morgan fingerprint density at radius 1 is 1.05 bits per heavy atom. The van der Waals surface area contributed by atoms with Gasteiger partial charge in [0.05, 0.1) is 27.9 Å². The number of aliphatic hydroxyl groups is 1. The zero-order chi connectivity index (χ0) is 14.3. The Hall–Kier alpha value is -1.46. The third-order valence-electron chi connectivity index (χ3n) is 2.70. The summed E-state index contributed by atoms with van der Waals surface area (Å²) in [5.74, 6) is 1.55. The fourth-order valence-corrected chi connectivity index (χ4v) is 1.73. The van der Waals surface area contributed by atoms with Crippen LogP contribution in [0.2, 0.25) is 0 Å². The van der Waals surface area contributed by atoms with E-state index in [1.165, 1.54) is 0 Å². The van der Waals surface area contributed by atoms with E-state index in [-0.39, 0.29) is 6.61 Å². The van der Waals surface area contributed by atoms with E-state index in [1.807, 2.05) is 6.92 Å². The first-order chi connectivity index (χ1) is 9.17. The predicted molar refractivity (Wildman–Crippen MR) is 72.2 cm³/mol. The van der Waals surface area contributed by atoms with Crippen LogP contribution in [0.3, 0.4) is 0 Å². The summed E-state index contributed by atoms with van der Waals surface area (Å²) in [6.45, 7) is 2.89. The van der Waals surface area contributed by atoms with Crippen LogP contribution >= 0.6 is 0 Å². The van der Waals surface area contributed by atoms with Crippen molar-refractivity contribution >= 4 is 0 Å². The minimum Gasteiger partial charge on any atom is -0.493 e. The number of benzene rings is 1. The van der Waals surface area contributed by atoms with Crippen LogP contribution in [0.25, 0.3) is 0 Å². The molecular weight excluding hydrogens is 248 g/mol. The summed E-state index contributed by atoms with van der Waals surface area (Å²) < 4.78 is 21.0. The fraction of sp³-hybridized carbons (Fsp3) is 0.571. The Balaban J connectivity index is 2.95. The second-order valence-corrected chi connectivity index (χ2v) is 4.05. The topological polar surface area (TPSA) is 57.2 Å². The number of aliphatic hydroxyl groups excluding tert-OH is 1. The second-order valence-electron chi connectivity index (χ2n) is 4.05. The minimum atomic E-state index is -0.722. The Morgan fingerprint density at radius 2 is 1.63 bits per heavy atom. The lowest BCUT2D eigenvalue weighted by Crippen LogP contribution is -2.08. The van der Waals surface area contributed by atoms with Crippen LogP contribution in [-0.4, -0.2) is 39.6 Å². The first kappa shape index (κ1) is 15.6. The lowest BCUT2D eigenvalue weighted by Gasteiger charge is -2.17. The van der Waals surface area contributed by atoms with E-state index >= 15 is 0 Å². The van der Waals surface area contributed by atoms with Crippen LogP contribution in [0.5, 0.6) is 17.2 Å². The Labute approximate surface area is 114 Å². The monoisotopic (exact) mass is 270 g/mol. The lowest BCUT2D eigenvalue weighted by atomic mass is 10.1. The van der Waals surface area contributed by atoms with E-state index in [1.54, 1.807) is 33.5 Å². The SMILES string of the molecule is CCCOCC(O)c1cc(OC)c(OC)c(OC)c1. The van der Waals surface area contributed by atoms with Crippen molar-refractivity contribution in [3.05, 3.63) is 17.7 Å². The van der Waals surface area contributed by atoms with Gasteiger partial charge < -0.3 is 24.1 Å². The van der Waals surface area contributed by atoms with E-state index in [4.69, 9.17) is 18.9 Å². The first-order valence-corrected chi connectivity index (χ1v) is 6.23. The van der Waals surface area contributed by atoms with Gasteiger partial charge in [-0.15, -0.1) is 0 Å². The Morgan fingerprint density at radius 3 is 2.05 bits per heavy atom. The van der Waals surface area contributed by atoms with Crippen molar-refractivity contribution in [2.75, 3.05) is 34.5 Å². The molecule has 1 unspecified atom stereocenters. The third kappa shape index (κ3) is 4.01. The highest BCUT2D eigenvalue weighted by atomic mass is 16.5. The molecule has 0 amide bonds. The van der Waals surface area contributed by atoms with Crippen molar-refractivity contribution in [3.63, 3.8) is 0 Å². The average Bonchev–Trinajstić information content (AvgIpc) is 2.45. The molecule has 19 heavy (non-hydrogen) atoms. The van der Waals surface area contributed by atoms with Gasteiger partial charge in [0.1, 0.15) is 6.10 Å². The molecule has 0 aliphatic heterocycles. The highest BCUT2D eigenvalue weighted by Gasteiger charge is 2.17. The van der Waals surface area contributed by atoms with Gasteiger partial charge in [0.25, 0.3) is 0 Å². The van der Waals surface area contributed by atoms with Gasteiger partial charge in [0.15, 0.2) is 11.5 Å². The van der Waals surface area contributed by atoms with Crippen LogP contribution in [0.4, 0.5) is 0 Å². The number of ether oxygens (including phenoxy) is 4. The number of hydrogen-bond acceptors (Lipinski definition) is 5. The maximum absolute atomic E-state index is 10.1. The fourth-order valence-electron chi connectivity index (χ4n) is 1.73. The maximum atomic E-state index is 10.1. The molecule has 0 spiro atoms. The van der Waals surface area contributed by atoms with Crippen molar-refractivity contribution < 1.29 is 24.1 Å². The van der Waals surface area contributed by atoms with E-state index < -0.39 is 6.10 Å². The molecule has 1 rings (SSSR count). The molecular formula is C14H22O5. The molecule has 0 radical (unpaired) electrons. The lowest BCUT2D eigenvalue weighted by molar-refractivity contribution is 0.0361. The average molecular weight is 270 g/mol. The van der Waals surface area contributed by atoms with Crippen LogP contribution in [0, 0.1) is 0 Å². The molecule has 108 valence electrons. The van der Waals surface area contributed by atoms with E-state index in [0.717, 1.165) is 6.42 Å². The highest BCUT2D eigenvalue weighted by Crippen LogP contribution is 2.39. The van der Waals surface area contributed by atoms with Crippen molar-refractivity contribution in [3.8, 4) is 17.2 Å². The number of methoxy groups -OCH3 is 3. The Kier molecular flexibility index (Phi) is 6.45. The molecule has 1 aromatic carbocycles. The minimum absolute atomic E-state index is 0.243. The number of rotatable bonds is 8. The van der Waals surface area contributed by atoms with Gasteiger partial charge in [-0.1, -0.05) is 6.92 Å². The highest BCUT2D eigenvalue weighted by molar-refractivity contribution is 5.54. The van der Waals surface area contributed by atoms with Crippen molar-refractivity contribution in [2.45, 2.75) is 19.4 Å². The third-order valence-corrected chi connectivity index (χ3v) is 2.70. The molecule has 0 saturated heterocycles. The molecule has 0 saturated carbocycles. The van der Waals surface area contributed by atoms with Gasteiger partial charge in [-0.3, -0.25) is 0 Å². The van der Waals surface area contributed by atoms with Crippen molar-refractivity contribution in [2.24, 2.45) is 0 Å². The molecule has 1 aromatic rings. The van der Waals surface area contributed by atoms with E-state index in [2.05, 4.69) is 0 Å². The molecule has 0 heterocycles. The normalized spacial score (nSPS) is 12.1. The zero-order valence-electron chi connectivity index (χ0n) is 11.9. The Bertz CT molecular complexity index is 366. The van der Waals surface area contributed by atoms with Gasteiger partial charge in [-0.25, -0.2) is 0 Å². The molecule has 0 fully saturated rings. The largest absolute Gasteiger partial charge is 0.493 e. The molecule has 1 atom stereocenters. The zero-order valence-corrected chi connectivity index (χ0v) is 11.9. The summed E-state index contributed by atoms with van der Waals surface area (Å²) in [5.41, 5.74) is 0.672. The van der Waals surface area contributed by atoms with Crippen LogP contribution in [0.1, 0.15) is 25.0 Å². The smallest absolute Gasteiger partial charge is 0.203 e. The number of hydrogen-bond donors (Lipinski definition) is 1. The summed E-state index contributed by atoms with van der Waals surface area (Å²) >= 11 is 0. The van der Waals surface area contributed by atoms with Gasteiger partial charge in [0, 0.05) is 6.61 Å². The molecule has 0 bridgehead atoms. The molecule has 5 nitrogen and oxygen atoms in total. The van der Waals surface area contributed by atoms with Crippen LogP contribution in [-0.2, 0) is 4.74 Å². The van der Waals surface area contributed by atoms with Gasteiger partial charge in [-0.2, -0.15) is 0 Å². The maximum Gasteiger partial charge on any atom is 0.203 e. The van der Waals surface area contributed by atoms with Crippen molar-refractivity contribution in [1.82, 2.24) is 0 Å². The molecule has 0 aliphatic carbocycles. The van der Waals surface area contributed by atoms with E-state index in [0.29, 0.717) is 29.4 Å². The summed E-state index contributed by atoms with van der Waals surface area (Å²) in [5, 5.41) is 10.1. The van der Waals surface area contributed by atoms with E-state index in [9.17, 15) is 5.11 Å². The quantitative estimate of drug-likeness (QED) is 0.734. The molecule has 0 aromatic heterocycles.